The molecular weight excluding hydrogens is 292 g/mol. The van der Waals surface area contributed by atoms with Gasteiger partial charge in [-0.25, -0.2) is 4.79 Å². The molecule has 0 radical (unpaired) electrons. The molecule has 0 spiro atoms. The molecule has 0 unspecified atom stereocenters. The number of benzene rings is 2. The van der Waals surface area contributed by atoms with E-state index in [2.05, 4.69) is 0 Å². The average molecular weight is 312 g/mol. The molecule has 4 nitrogen and oxygen atoms in total. The minimum atomic E-state index is -1.36. The van der Waals surface area contributed by atoms with E-state index in [1.54, 1.807) is 13.2 Å². The predicted molar refractivity (Wildman–Crippen MR) is 86.5 cm³/mol. The number of rotatable bonds is 4. The van der Waals surface area contributed by atoms with E-state index in [-0.39, 0.29) is 6.10 Å². The highest BCUT2D eigenvalue weighted by Gasteiger charge is 2.50. The molecule has 1 aliphatic heterocycles. The number of carboxylic acids is 1. The summed E-state index contributed by atoms with van der Waals surface area (Å²) in [4.78, 5) is 12.1. The fraction of sp³-hybridized carbons (Fsp3) is 0.316. The molecule has 1 heterocycles. The molecule has 1 saturated heterocycles. The lowest BCUT2D eigenvalue weighted by atomic mass is 9.88. The summed E-state index contributed by atoms with van der Waals surface area (Å²) in [5.41, 5.74) is 1.21. The third-order valence-electron chi connectivity index (χ3n) is 4.41. The first-order valence-corrected chi connectivity index (χ1v) is 7.68. The van der Waals surface area contributed by atoms with Crippen LogP contribution in [0.1, 0.15) is 35.6 Å². The molecule has 0 aliphatic carbocycles. The van der Waals surface area contributed by atoms with Gasteiger partial charge in [0.05, 0.1) is 13.2 Å². The Kier molecular flexibility index (Phi) is 4.09. The lowest BCUT2D eigenvalue weighted by Gasteiger charge is -2.27. The van der Waals surface area contributed by atoms with E-state index in [0.29, 0.717) is 24.2 Å². The Balaban J connectivity index is 2.03. The highest BCUT2D eigenvalue weighted by molar-refractivity contribution is 5.81. The minimum Gasteiger partial charge on any atom is -0.496 e. The highest BCUT2D eigenvalue weighted by Crippen LogP contribution is 2.48. The van der Waals surface area contributed by atoms with Gasteiger partial charge in [-0.05, 0) is 37.5 Å². The van der Waals surface area contributed by atoms with Crippen LogP contribution in [0.5, 0.6) is 5.75 Å². The number of methoxy groups -OCH3 is 1. The van der Waals surface area contributed by atoms with Gasteiger partial charge in [0.25, 0.3) is 0 Å². The van der Waals surface area contributed by atoms with E-state index in [0.717, 1.165) is 11.1 Å². The summed E-state index contributed by atoms with van der Waals surface area (Å²) in [5.74, 6) is -0.424. The normalized spacial score (nSPS) is 23.7. The Bertz CT molecular complexity index is 711. The number of carbonyl (C=O) groups is 1. The third kappa shape index (κ3) is 2.70. The van der Waals surface area contributed by atoms with Crippen LogP contribution in [0.25, 0.3) is 0 Å². The van der Waals surface area contributed by atoms with Gasteiger partial charge in [-0.1, -0.05) is 42.0 Å². The molecule has 0 aromatic heterocycles. The molecule has 0 amide bonds. The lowest BCUT2D eigenvalue weighted by Crippen LogP contribution is -2.35. The van der Waals surface area contributed by atoms with Crippen molar-refractivity contribution < 1.29 is 19.4 Å². The summed E-state index contributed by atoms with van der Waals surface area (Å²) in [6, 6.07) is 15.3. The number of carboxylic acid groups (broad SMARTS) is 1. The smallest absolute Gasteiger partial charge is 0.340 e. The van der Waals surface area contributed by atoms with Crippen LogP contribution in [-0.2, 0) is 15.1 Å². The summed E-state index contributed by atoms with van der Waals surface area (Å²) >= 11 is 0. The van der Waals surface area contributed by atoms with Crippen LogP contribution in [-0.4, -0.2) is 18.2 Å². The molecule has 120 valence electrons. The summed E-state index contributed by atoms with van der Waals surface area (Å²) in [5, 5.41) is 9.91. The quantitative estimate of drug-likeness (QED) is 0.932. The Morgan fingerprint density at radius 2 is 2.00 bits per heavy atom. The van der Waals surface area contributed by atoms with E-state index in [9.17, 15) is 9.90 Å². The second-order valence-electron chi connectivity index (χ2n) is 5.89. The minimum absolute atomic E-state index is 0.225. The maximum absolute atomic E-state index is 12.1. The van der Waals surface area contributed by atoms with Crippen LogP contribution in [0.2, 0.25) is 0 Å². The molecule has 3 rings (SSSR count). The Morgan fingerprint density at radius 1 is 1.26 bits per heavy atom. The zero-order valence-corrected chi connectivity index (χ0v) is 13.3. The first-order chi connectivity index (χ1) is 11.1. The number of ether oxygens (including phenoxy) is 2. The average Bonchev–Trinajstić information content (AvgIpc) is 3.02. The fourth-order valence-electron chi connectivity index (χ4n) is 3.21. The maximum Gasteiger partial charge on any atom is 0.340 e. The number of hydrogen-bond donors (Lipinski definition) is 1. The van der Waals surface area contributed by atoms with Crippen molar-refractivity contribution >= 4 is 5.97 Å². The first-order valence-electron chi connectivity index (χ1n) is 7.68. The largest absolute Gasteiger partial charge is 0.496 e. The SMILES string of the molecule is COc1ccc(C)cc1[C@@]1(C(=O)O)CC[C@@H](c2ccccc2)O1. The van der Waals surface area contributed by atoms with E-state index in [1.165, 1.54) is 0 Å². The van der Waals surface area contributed by atoms with Gasteiger partial charge < -0.3 is 14.6 Å². The summed E-state index contributed by atoms with van der Waals surface area (Å²) in [6.45, 7) is 1.93. The van der Waals surface area contributed by atoms with Gasteiger partial charge in [0, 0.05) is 5.56 Å². The summed E-state index contributed by atoms with van der Waals surface area (Å²) in [6.07, 6.45) is 0.854. The fourth-order valence-corrected chi connectivity index (χ4v) is 3.21. The van der Waals surface area contributed by atoms with Gasteiger partial charge in [-0.3, -0.25) is 0 Å². The van der Waals surface area contributed by atoms with Crippen molar-refractivity contribution in [1.82, 2.24) is 0 Å². The van der Waals surface area contributed by atoms with Gasteiger partial charge >= 0.3 is 5.97 Å². The number of aliphatic carboxylic acids is 1. The number of aryl methyl sites for hydroxylation is 1. The molecular formula is C19H20O4. The monoisotopic (exact) mass is 312 g/mol. The first kappa shape index (κ1) is 15.6. The van der Waals surface area contributed by atoms with Crippen LogP contribution in [0, 0.1) is 6.92 Å². The highest BCUT2D eigenvalue weighted by atomic mass is 16.5. The second-order valence-corrected chi connectivity index (χ2v) is 5.89. The molecule has 0 saturated carbocycles. The summed E-state index contributed by atoms with van der Waals surface area (Å²) in [7, 11) is 1.55. The predicted octanol–water partition coefficient (Wildman–Crippen LogP) is 3.84. The molecule has 1 N–H and O–H groups in total. The second kappa shape index (κ2) is 6.05. The van der Waals surface area contributed by atoms with Crippen LogP contribution in [0.3, 0.4) is 0 Å². The number of hydrogen-bond acceptors (Lipinski definition) is 3. The lowest BCUT2D eigenvalue weighted by molar-refractivity contribution is -0.166. The van der Waals surface area contributed by atoms with Crippen LogP contribution in [0.15, 0.2) is 48.5 Å². The molecule has 2 aromatic rings. The van der Waals surface area contributed by atoms with Gasteiger partial charge in [0.15, 0.2) is 5.60 Å². The molecule has 0 bridgehead atoms. The zero-order valence-electron chi connectivity index (χ0n) is 13.3. The van der Waals surface area contributed by atoms with Crippen LogP contribution in [0.4, 0.5) is 0 Å². The van der Waals surface area contributed by atoms with Crippen molar-refractivity contribution in [1.29, 1.82) is 0 Å². The zero-order chi connectivity index (χ0) is 16.4. The van der Waals surface area contributed by atoms with Crippen molar-refractivity contribution in [3.8, 4) is 5.75 Å². The maximum atomic E-state index is 12.1. The third-order valence-corrected chi connectivity index (χ3v) is 4.41. The van der Waals surface area contributed by atoms with Crippen LogP contribution >= 0.6 is 0 Å². The molecule has 4 heteroatoms. The van der Waals surface area contributed by atoms with Gasteiger partial charge in [-0.2, -0.15) is 0 Å². The van der Waals surface area contributed by atoms with E-state index in [4.69, 9.17) is 9.47 Å². The standard InChI is InChI=1S/C19H20O4/c1-13-8-9-17(22-2)15(12-13)19(18(20)21)11-10-16(23-19)14-6-4-3-5-7-14/h3-9,12,16H,10-11H2,1-2H3,(H,20,21)/t16-,19+/m0/s1. The molecule has 2 atom stereocenters. The molecule has 2 aromatic carbocycles. The van der Waals surface area contributed by atoms with Crippen molar-refractivity contribution in [2.45, 2.75) is 31.5 Å². The van der Waals surface area contributed by atoms with Crippen molar-refractivity contribution in [2.24, 2.45) is 0 Å². The molecule has 1 aliphatic rings. The van der Waals surface area contributed by atoms with Crippen molar-refractivity contribution in [2.75, 3.05) is 7.11 Å². The molecule has 23 heavy (non-hydrogen) atoms. The van der Waals surface area contributed by atoms with E-state index in [1.807, 2.05) is 49.4 Å². The Morgan fingerprint density at radius 3 is 2.65 bits per heavy atom. The van der Waals surface area contributed by atoms with Gasteiger partial charge in [0.1, 0.15) is 5.75 Å². The Hall–Kier alpha value is -2.33. The van der Waals surface area contributed by atoms with Crippen LogP contribution < -0.4 is 4.74 Å². The van der Waals surface area contributed by atoms with Gasteiger partial charge in [0.2, 0.25) is 0 Å². The van der Waals surface area contributed by atoms with E-state index >= 15 is 0 Å². The van der Waals surface area contributed by atoms with Crippen molar-refractivity contribution in [3.05, 3.63) is 65.2 Å². The van der Waals surface area contributed by atoms with E-state index < -0.39 is 11.6 Å². The Labute approximate surface area is 135 Å². The van der Waals surface area contributed by atoms with Crippen molar-refractivity contribution in [3.63, 3.8) is 0 Å². The summed E-state index contributed by atoms with van der Waals surface area (Å²) < 4.78 is 11.5. The molecule has 1 fully saturated rings. The van der Waals surface area contributed by atoms with Gasteiger partial charge in [-0.15, -0.1) is 0 Å². The topological polar surface area (TPSA) is 55.8 Å².